The number of halogens is 1. The van der Waals surface area contributed by atoms with E-state index >= 15 is 0 Å². The molecule has 6 N–H and O–H groups in total. The fraction of sp³-hybridized carbons (Fsp3) is 0.348. The van der Waals surface area contributed by atoms with Gasteiger partial charge in [0.15, 0.2) is 5.96 Å². The van der Waals surface area contributed by atoms with Crippen LogP contribution in [0.1, 0.15) is 41.6 Å². The number of nitrogens with two attached hydrogens (primary N) is 2. The maximum atomic E-state index is 12.7. The van der Waals surface area contributed by atoms with Gasteiger partial charge in [0.1, 0.15) is 17.9 Å². The lowest BCUT2D eigenvalue weighted by molar-refractivity contribution is -0.140. The number of rotatable bonds is 7. The second-order valence-electron chi connectivity index (χ2n) is 7.46. The zero-order valence-corrected chi connectivity index (χ0v) is 18.6. The molecule has 174 valence electrons. The number of ether oxygens (including phenoxy) is 2. The van der Waals surface area contributed by atoms with Gasteiger partial charge in [0.05, 0.1) is 5.92 Å². The largest absolute Gasteiger partial charge is 0.457 e. The lowest BCUT2D eigenvalue weighted by atomic mass is 9.82. The molecule has 0 amide bonds. The van der Waals surface area contributed by atoms with Crippen LogP contribution in [0.4, 0.5) is 0 Å². The molecule has 8 nitrogen and oxygen atoms in total. The van der Waals surface area contributed by atoms with Crippen LogP contribution in [-0.2, 0) is 16.1 Å². The third kappa shape index (κ3) is 7.86. The lowest BCUT2D eigenvalue weighted by Crippen LogP contribution is -2.28. The van der Waals surface area contributed by atoms with Crippen molar-refractivity contribution in [2.24, 2.45) is 28.3 Å². The second-order valence-corrected chi connectivity index (χ2v) is 7.46. The summed E-state index contributed by atoms with van der Waals surface area (Å²) in [4.78, 5) is 29.2. The molecule has 0 spiro atoms. The fourth-order valence-corrected chi connectivity index (χ4v) is 3.53. The van der Waals surface area contributed by atoms with Gasteiger partial charge in [-0.25, -0.2) is 4.79 Å². The molecule has 0 bridgehead atoms. The number of hydrogen-bond acceptors (Lipinski definition) is 5. The van der Waals surface area contributed by atoms with Crippen molar-refractivity contribution >= 4 is 30.3 Å². The molecule has 1 aliphatic rings. The Bertz CT molecular complexity index is 896. The van der Waals surface area contributed by atoms with Crippen molar-refractivity contribution in [3.63, 3.8) is 0 Å². The van der Waals surface area contributed by atoms with E-state index in [-0.39, 0.29) is 53.6 Å². The molecule has 1 fully saturated rings. The van der Waals surface area contributed by atoms with Crippen molar-refractivity contribution in [1.82, 2.24) is 0 Å². The SMILES string of the molecule is Cl.NC(N)=NCC1CCC(C(=O)Oc2ccccc2C(=O)OCc2ccccc2)CC1.O. The number of hydrogen-bond donors (Lipinski definition) is 2. The van der Waals surface area contributed by atoms with Crippen LogP contribution in [0.15, 0.2) is 59.6 Å². The highest BCUT2D eigenvalue weighted by molar-refractivity contribution is 5.93. The summed E-state index contributed by atoms with van der Waals surface area (Å²) in [6, 6.07) is 16.1. The summed E-state index contributed by atoms with van der Waals surface area (Å²) >= 11 is 0. The number of guanidine groups is 1. The van der Waals surface area contributed by atoms with E-state index < -0.39 is 5.97 Å². The maximum Gasteiger partial charge on any atom is 0.342 e. The molecule has 1 saturated carbocycles. The number of carbonyl (C=O) groups is 2. The van der Waals surface area contributed by atoms with Crippen LogP contribution >= 0.6 is 12.4 Å². The normalized spacial score (nSPS) is 17.1. The van der Waals surface area contributed by atoms with Gasteiger partial charge in [-0.3, -0.25) is 9.79 Å². The second kappa shape index (κ2) is 13.3. The quantitative estimate of drug-likeness (QED) is 0.279. The molecule has 1 aliphatic carbocycles. The van der Waals surface area contributed by atoms with Crippen molar-refractivity contribution in [2.45, 2.75) is 32.3 Å². The topological polar surface area (TPSA) is 148 Å². The van der Waals surface area contributed by atoms with Crippen molar-refractivity contribution in [3.05, 3.63) is 65.7 Å². The molecule has 3 rings (SSSR count). The summed E-state index contributed by atoms with van der Waals surface area (Å²) in [5.74, 6) is -0.359. The van der Waals surface area contributed by atoms with Crippen LogP contribution in [0.3, 0.4) is 0 Å². The number of aliphatic imine (C=N–C) groups is 1. The Morgan fingerprint density at radius 1 is 0.938 bits per heavy atom. The average Bonchev–Trinajstić information content (AvgIpc) is 2.77. The maximum absolute atomic E-state index is 12.7. The smallest absolute Gasteiger partial charge is 0.342 e. The predicted octanol–water partition coefficient (Wildman–Crippen LogP) is 2.63. The highest BCUT2D eigenvalue weighted by Gasteiger charge is 2.28. The van der Waals surface area contributed by atoms with Crippen molar-refractivity contribution in [2.75, 3.05) is 6.54 Å². The van der Waals surface area contributed by atoms with Gasteiger partial charge in [-0.15, -0.1) is 12.4 Å². The Morgan fingerprint density at radius 2 is 1.56 bits per heavy atom. The first-order valence-electron chi connectivity index (χ1n) is 10.1. The Hall–Kier alpha value is -3.10. The van der Waals surface area contributed by atoms with Gasteiger partial charge < -0.3 is 26.4 Å². The van der Waals surface area contributed by atoms with E-state index in [0.29, 0.717) is 25.3 Å². The number of esters is 2. The van der Waals surface area contributed by atoms with Gasteiger partial charge in [0.2, 0.25) is 0 Å². The third-order valence-corrected chi connectivity index (χ3v) is 5.24. The van der Waals surface area contributed by atoms with Crippen LogP contribution in [0.5, 0.6) is 5.75 Å². The van der Waals surface area contributed by atoms with Gasteiger partial charge in [0.25, 0.3) is 0 Å². The molecule has 0 saturated heterocycles. The van der Waals surface area contributed by atoms with E-state index in [4.69, 9.17) is 20.9 Å². The molecule has 32 heavy (non-hydrogen) atoms. The number of nitrogens with zero attached hydrogens (tertiary/aromatic N) is 1. The van der Waals surface area contributed by atoms with Crippen LogP contribution in [0.25, 0.3) is 0 Å². The van der Waals surface area contributed by atoms with Crippen molar-refractivity contribution in [3.8, 4) is 5.75 Å². The van der Waals surface area contributed by atoms with Gasteiger partial charge >= 0.3 is 11.9 Å². The van der Waals surface area contributed by atoms with Gasteiger partial charge in [-0.1, -0.05) is 42.5 Å². The van der Waals surface area contributed by atoms with E-state index in [2.05, 4.69) is 4.99 Å². The van der Waals surface area contributed by atoms with Crippen LogP contribution in [0, 0.1) is 11.8 Å². The Morgan fingerprint density at radius 3 is 2.22 bits per heavy atom. The lowest BCUT2D eigenvalue weighted by Gasteiger charge is -2.26. The molecule has 0 aromatic heterocycles. The van der Waals surface area contributed by atoms with Crippen molar-refractivity contribution < 1.29 is 24.5 Å². The molecular weight excluding hydrogens is 434 g/mol. The molecule has 0 aliphatic heterocycles. The number of para-hydroxylation sites is 1. The first-order chi connectivity index (χ1) is 14.5. The highest BCUT2D eigenvalue weighted by atomic mass is 35.5. The highest BCUT2D eigenvalue weighted by Crippen LogP contribution is 2.31. The van der Waals surface area contributed by atoms with E-state index in [0.717, 1.165) is 18.4 Å². The predicted molar refractivity (Wildman–Crippen MR) is 125 cm³/mol. The van der Waals surface area contributed by atoms with Gasteiger partial charge in [-0.05, 0) is 49.3 Å². The zero-order valence-electron chi connectivity index (χ0n) is 17.7. The van der Waals surface area contributed by atoms with Gasteiger partial charge in [-0.2, -0.15) is 0 Å². The third-order valence-electron chi connectivity index (χ3n) is 5.24. The summed E-state index contributed by atoms with van der Waals surface area (Å²) in [5.41, 5.74) is 11.9. The van der Waals surface area contributed by atoms with Crippen LogP contribution in [0.2, 0.25) is 0 Å². The van der Waals surface area contributed by atoms with E-state index in [1.165, 1.54) is 0 Å². The molecule has 2 aromatic carbocycles. The summed E-state index contributed by atoms with van der Waals surface area (Å²) in [6.45, 7) is 0.738. The first-order valence-corrected chi connectivity index (χ1v) is 10.1. The Labute approximate surface area is 193 Å². The molecule has 0 atom stereocenters. The fourth-order valence-electron chi connectivity index (χ4n) is 3.53. The minimum absolute atomic E-state index is 0. The number of carbonyl (C=O) groups excluding carboxylic acids is 2. The van der Waals surface area contributed by atoms with Gasteiger partial charge in [0, 0.05) is 6.54 Å². The summed E-state index contributed by atoms with van der Waals surface area (Å²) in [6.07, 6.45) is 3.14. The van der Waals surface area contributed by atoms with Crippen LogP contribution < -0.4 is 16.2 Å². The van der Waals surface area contributed by atoms with Crippen LogP contribution in [-0.4, -0.2) is 29.9 Å². The molecule has 0 unspecified atom stereocenters. The van der Waals surface area contributed by atoms with E-state index in [1.807, 2.05) is 30.3 Å². The summed E-state index contributed by atoms with van der Waals surface area (Å²) in [5, 5.41) is 0. The monoisotopic (exact) mass is 463 g/mol. The molecular formula is C23H30ClN3O5. The summed E-state index contributed by atoms with van der Waals surface area (Å²) in [7, 11) is 0. The molecule has 2 aromatic rings. The Balaban J connectivity index is 0.00000256. The minimum atomic E-state index is -0.525. The first kappa shape index (κ1) is 26.9. The van der Waals surface area contributed by atoms with E-state index in [9.17, 15) is 9.59 Å². The molecule has 0 heterocycles. The molecule has 9 heteroatoms. The molecule has 0 radical (unpaired) electrons. The number of benzene rings is 2. The Kier molecular flexibility index (Phi) is 11.2. The van der Waals surface area contributed by atoms with Crippen molar-refractivity contribution in [1.29, 1.82) is 0 Å². The standard InChI is InChI=1S/C23H27N3O4.ClH.H2O/c24-23(25)26-14-16-10-12-18(13-11-16)21(27)30-20-9-5-4-8-19(20)22(28)29-15-17-6-2-1-3-7-17;;/h1-9,16,18H,10-15H2,(H4,24,25,26);1H;1H2. The minimum Gasteiger partial charge on any atom is -0.457 e. The van der Waals surface area contributed by atoms with E-state index in [1.54, 1.807) is 24.3 Å². The zero-order chi connectivity index (χ0) is 21.3. The average molecular weight is 464 g/mol. The summed E-state index contributed by atoms with van der Waals surface area (Å²) < 4.78 is 11.0.